The van der Waals surface area contributed by atoms with Gasteiger partial charge in [0, 0.05) is 61.7 Å². The molecule has 0 saturated carbocycles. The average molecular weight is 354 g/mol. The van der Waals surface area contributed by atoms with Crippen LogP contribution in [-0.4, -0.2) is 80.4 Å². The summed E-state index contributed by atoms with van der Waals surface area (Å²) in [5, 5.41) is 2.54. The molecular formula is C18H34N4O3. The summed E-state index contributed by atoms with van der Waals surface area (Å²) in [5.41, 5.74) is 0. The molecule has 0 spiro atoms. The van der Waals surface area contributed by atoms with Gasteiger partial charge in [-0.15, -0.1) is 19.7 Å². The molecule has 0 aromatic heterocycles. The summed E-state index contributed by atoms with van der Waals surface area (Å²) in [6, 6.07) is 0.0185. The van der Waals surface area contributed by atoms with E-state index in [-0.39, 0.29) is 17.8 Å². The molecule has 4 amide bonds. The molecule has 0 aromatic rings. The molecule has 144 valence electrons. The Morgan fingerprint density at radius 2 is 1.24 bits per heavy atom. The summed E-state index contributed by atoms with van der Waals surface area (Å²) < 4.78 is 0. The number of urea groups is 1. The number of amides is 4. The predicted molar refractivity (Wildman–Crippen MR) is 104 cm³/mol. The minimum atomic E-state index is -0.0140. The average Bonchev–Trinajstić information content (AvgIpc) is 2.52. The van der Waals surface area contributed by atoms with Crippen molar-refractivity contribution in [1.29, 1.82) is 0 Å². The van der Waals surface area contributed by atoms with Gasteiger partial charge in [-0.2, -0.15) is 0 Å². The van der Waals surface area contributed by atoms with E-state index in [4.69, 9.17) is 0 Å². The number of carbonyl (C=O) groups is 3. The highest BCUT2D eigenvalue weighted by Crippen LogP contribution is 1.88. The van der Waals surface area contributed by atoms with E-state index in [1.807, 2.05) is 0 Å². The SMILES string of the molecule is C=CCN(CC=C)C(C)=O.C=CCNC(C)=O.CN(C)C(=O)N(C)C. The zero-order valence-corrected chi connectivity index (χ0v) is 16.5. The lowest BCUT2D eigenvalue weighted by Gasteiger charge is -2.16. The van der Waals surface area contributed by atoms with Crippen LogP contribution in [0.3, 0.4) is 0 Å². The van der Waals surface area contributed by atoms with E-state index in [1.165, 1.54) is 23.6 Å². The molecule has 0 unspecified atom stereocenters. The van der Waals surface area contributed by atoms with Crippen LogP contribution in [0.1, 0.15) is 13.8 Å². The van der Waals surface area contributed by atoms with Crippen LogP contribution in [0.25, 0.3) is 0 Å². The van der Waals surface area contributed by atoms with Crippen molar-refractivity contribution in [2.45, 2.75) is 13.8 Å². The first-order chi connectivity index (χ1) is 11.5. The summed E-state index contributed by atoms with van der Waals surface area (Å²) in [4.78, 5) is 36.2. The first-order valence-electron chi connectivity index (χ1n) is 7.76. The maximum absolute atomic E-state index is 10.8. The number of hydrogen-bond donors (Lipinski definition) is 1. The first kappa shape index (κ1) is 27.3. The number of carbonyl (C=O) groups excluding carboxylic acids is 3. The van der Waals surface area contributed by atoms with E-state index in [2.05, 4.69) is 25.1 Å². The van der Waals surface area contributed by atoms with Gasteiger partial charge in [-0.25, -0.2) is 4.79 Å². The van der Waals surface area contributed by atoms with Crippen molar-refractivity contribution in [3.8, 4) is 0 Å². The van der Waals surface area contributed by atoms with Crippen molar-refractivity contribution >= 4 is 17.8 Å². The maximum atomic E-state index is 10.8. The summed E-state index contributed by atoms with van der Waals surface area (Å²) in [7, 11) is 6.90. The topological polar surface area (TPSA) is 73.0 Å². The Balaban J connectivity index is -0.000000296. The van der Waals surface area contributed by atoms with Gasteiger partial charge in [0.25, 0.3) is 0 Å². The molecule has 0 saturated heterocycles. The van der Waals surface area contributed by atoms with E-state index in [9.17, 15) is 14.4 Å². The lowest BCUT2D eigenvalue weighted by molar-refractivity contribution is -0.127. The molecule has 0 bridgehead atoms. The Kier molecular flexibility index (Phi) is 19.4. The van der Waals surface area contributed by atoms with Gasteiger partial charge in [-0.1, -0.05) is 18.2 Å². The molecule has 0 aliphatic carbocycles. The van der Waals surface area contributed by atoms with Crippen LogP contribution in [0.2, 0.25) is 0 Å². The fourth-order valence-electron chi connectivity index (χ4n) is 1.26. The molecule has 1 N–H and O–H groups in total. The van der Waals surface area contributed by atoms with Gasteiger partial charge in [0.1, 0.15) is 0 Å². The Labute approximate surface area is 152 Å². The molecule has 0 aromatic carbocycles. The zero-order valence-electron chi connectivity index (χ0n) is 16.5. The summed E-state index contributed by atoms with van der Waals surface area (Å²) >= 11 is 0. The molecule has 0 atom stereocenters. The second-order valence-electron chi connectivity index (χ2n) is 5.30. The third-order valence-electron chi connectivity index (χ3n) is 2.40. The van der Waals surface area contributed by atoms with Crippen LogP contribution in [-0.2, 0) is 9.59 Å². The molecule has 0 aliphatic rings. The normalized spacial score (nSPS) is 8.24. The molecule has 7 nitrogen and oxygen atoms in total. The standard InChI is InChI=1S/C8H13NO.C5H12N2O.C5H9NO/c1-4-6-9(7-5-2)8(3)10;1-6(2)5(8)7(3)4;1-3-4-6-5(2)7/h4-5H,1-2,6-7H2,3H3;1-4H3;3H,1,4H2,2H3,(H,6,7). The summed E-state index contributed by atoms with van der Waals surface area (Å²) in [5.74, 6) is 0.0414. The van der Waals surface area contributed by atoms with E-state index >= 15 is 0 Å². The Morgan fingerprint density at radius 1 is 0.840 bits per heavy atom. The Morgan fingerprint density at radius 3 is 1.36 bits per heavy atom. The minimum Gasteiger partial charge on any atom is -0.353 e. The number of rotatable bonds is 6. The third-order valence-corrected chi connectivity index (χ3v) is 2.40. The summed E-state index contributed by atoms with van der Waals surface area (Å²) in [6.45, 7) is 15.3. The van der Waals surface area contributed by atoms with Crippen molar-refractivity contribution in [1.82, 2.24) is 20.0 Å². The van der Waals surface area contributed by atoms with E-state index in [0.29, 0.717) is 19.6 Å². The van der Waals surface area contributed by atoms with Crippen LogP contribution in [0.15, 0.2) is 38.0 Å². The van der Waals surface area contributed by atoms with Crippen molar-refractivity contribution in [3.05, 3.63) is 38.0 Å². The smallest absolute Gasteiger partial charge is 0.318 e. The van der Waals surface area contributed by atoms with Gasteiger partial charge >= 0.3 is 6.03 Å². The molecule has 0 fully saturated rings. The lowest BCUT2D eigenvalue weighted by atomic mass is 10.4. The molecular weight excluding hydrogens is 320 g/mol. The maximum Gasteiger partial charge on any atom is 0.318 e. The van der Waals surface area contributed by atoms with Gasteiger partial charge in [0.2, 0.25) is 11.8 Å². The quantitative estimate of drug-likeness (QED) is 0.739. The number of nitrogens with zero attached hydrogens (tertiary/aromatic N) is 3. The Hall–Kier alpha value is -2.57. The first-order valence-corrected chi connectivity index (χ1v) is 7.76. The highest BCUT2D eigenvalue weighted by Gasteiger charge is 2.03. The van der Waals surface area contributed by atoms with Crippen LogP contribution in [0.5, 0.6) is 0 Å². The molecule has 7 heteroatoms. The molecule has 0 rings (SSSR count). The van der Waals surface area contributed by atoms with Crippen LogP contribution in [0.4, 0.5) is 4.79 Å². The van der Waals surface area contributed by atoms with Crippen LogP contribution < -0.4 is 5.32 Å². The second-order valence-corrected chi connectivity index (χ2v) is 5.30. The van der Waals surface area contributed by atoms with E-state index in [0.717, 1.165) is 0 Å². The van der Waals surface area contributed by atoms with Crippen molar-refractivity contribution in [2.75, 3.05) is 47.8 Å². The van der Waals surface area contributed by atoms with Gasteiger partial charge in [-0.05, 0) is 0 Å². The zero-order chi connectivity index (χ0) is 20.4. The highest BCUT2D eigenvalue weighted by atomic mass is 16.2. The minimum absolute atomic E-state index is 0.0140. The van der Waals surface area contributed by atoms with Crippen molar-refractivity contribution in [2.24, 2.45) is 0 Å². The van der Waals surface area contributed by atoms with Crippen molar-refractivity contribution < 1.29 is 14.4 Å². The molecule has 25 heavy (non-hydrogen) atoms. The number of nitrogens with one attached hydrogen (secondary N) is 1. The van der Waals surface area contributed by atoms with Gasteiger partial charge in [0.15, 0.2) is 0 Å². The monoisotopic (exact) mass is 354 g/mol. The van der Waals surface area contributed by atoms with E-state index in [1.54, 1.807) is 51.3 Å². The van der Waals surface area contributed by atoms with Gasteiger partial charge in [0.05, 0.1) is 0 Å². The molecule has 0 radical (unpaired) electrons. The van der Waals surface area contributed by atoms with Gasteiger partial charge < -0.3 is 20.0 Å². The molecule has 0 aliphatic heterocycles. The Bertz CT molecular complexity index is 412. The van der Waals surface area contributed by atoms with Crippen LogP contribution >= 0.6 is 0 Å². The molecule has 0 heterocycles. The largest absolute Gasteiger partial charge is 0.353 e. The summed E-state index contributed by atoms with van der Waals surface area (Å²) in [6.07, 6.45) is 5.04. The van der Waals surface area contributed by atoms with E-state index < -0.39 is 0 Å². The fraction of sp³-hybridized carbons (Fsp3) is 0.500. The third kappa shape index (κ3) is 21.4. The second kappa shape index (κ2) is 17.8. The highest BCUT2D eigenvalue weighted by molar-refractivity contribution is 5.73. The van der Waals surface area contributed by atoms with Crippen LogP contribution in [0, 0.1) is 0 Å². The predicted octanol–water partition coefficient (Wildman–Crippen LogP) is 1.75. The van der Waals surface area contributed by atoms with Gasteiger partial charge in [-0.3, -0.25) is 9.59 Å². The lowest BCUT2D eigenvalue weighted by Crippen LogP contribution is -2.33. The van der Waals surface area contributed by atoms with Crippen molar-refractivity contribution in [3.63, 3.8) is 0 Å². The number of hydrogen-bond acceptors (Lipinski definition) is 3. The fourth-order valence-corrected chi connectivity index (χ4v) is 1.26.